The van der Waals surface area contributed by atoms with Crippen LogP contribution in [0, 0.1) is 0 Å². The van der Waals surface area contributed by atoms with Gasteiger partial charge < -0.3 is 75.3 Å². The third-order valence-corrected chi connectivity index (χ3v) is 16.0. The first-order chi connectivity index (χ1) is 44.8. The van der Waals surface area contributed by atoms with Gasteiger partial charge in [0.05, 0.1) is 0 Å². The Hall–Kier alpha value is -12.9. The Balaban J connectivity index is 0.923. The normalized spacial score (nSPS) is 11.0. The lowest BCUT2D eigenvalue weighted by atomic mass is 10.1. The van der Waals surface area contributed by atoms with Crippen LogP contribution in [0.2, 0.25) is 0 Å². The van der Waals surface area contributed by atoms with E-state index in [2.05, 4.69) is 151 Å². The van der Waals surface area contributed by atoms with Crippen LogP contribution < -0.4 is 75.3 Å². The van der Waals surface area contributed by atoms with Gasteiger partial charge in [0.15, 0.2) is 0 Å². The molecule has 0 saturated heterocycles. The summed E-state index contributed by atoms with van der Waals surface area (Å²) in [6.45, 7) is 0. The van der Waals surface area contributed by atoms with Crippen LogP contribution in [-0.2, 0) is 0 Å². The Kier molecular flexibility index (Phi) is 16.0. The highest BCUT2D eigenvalue weighted by molar-refractivity contribution is 5.88. The van der Waals surface area contributed by atoms with E-state index in [-0.39, 0.29) is 0 Å². The monoisotopic (exact) mass is 1200 g/mol. The van der Waals surface area contributed by atoms with Crippen LogP contribution in [0.3, 0.4) is 0 Å². The van der Waals surface area contributed by atoms with Gasteiger partial charge in [-0.05, 0) is 315 Å². The largest absolute Gasteiger partial charge is 0.399 e. The molecule has 92 heavy (non-hydrogen) atoms. The Morgan fingerprint density at radius 1 is 0.0978 bits per heavy atom. The molecular weight excluding hydrogens is 1130 g/mol. The number of anilines is 26. The highest BCUT2D eigenvalue weighted by Gasteiger charge is 2.22. The van der Waals surface area contributed by atoms with E-state index in [1.54, 1.807) is 0 Å². The molecule has 13 aromatic carbocycles. The summed E-state index contributed by atoms with van der Waals surface area (Å²) in [5.74, 6) is 0. The van der Waals surface area contributed by atoms with E-state index in [4.69, 9.17) is 45.9 Å². The average Bonchev–Trinajstić information content (AvgIpc) is 2.35. The molecule has 0 aliphatic heterocycles. The molecule has 0 amide bonds. The van der Waals surface area contributed by atoms with E-state index in [1.165, 1.54) is 0 Å². The summed E-state index contributed by atoms with van der Waals surface area (Å²) >= 11 is 0. The Bertz CT molecular complexity index is 3820. The Labute approximate surface area is 535 Å². The maximum atomic E-state index is 6.22. The molecular formula is C78H68N14. The van der Waals surface area contributed by atoms with Crippen molar-refractivity contribution in [2.24, 2.45) is 0 Å². The second-order valence-electron chi connectivity index (χ2n) is 22.3. The lowest BCUT2D eigenvalue weighted by molar-refractivity contribution is 1.23. The number of rotatable bonds is 18. The van der Waals surface area contributed by atoms with E-state index in [9.17, 15) is 0 Å². The van der Waals surface area contributed by atoms with E-state index in [1.807, 2.05) is 194 Å². The first-order valence-electron chi connectivity index (χ1n) is 30.0. The highest BCUT2D eigenvalue weighted by Crippen LogP contribution is 2.46. The first kappa shape index (κ1) is 58.1. The minimum atomic E-state index is 0.678. The quantitative estimate of drug-likeness (QED) is 0.0374. The zero-order chi connectivity index (χ0) is 63.2. The SMILES string of the molecule is Nc1ccc(N(c2ccc(N)cc2)c2ccc(N(c3ccc(N(c4ccc(N)cc4)c4ccc(N)cc4)cc3)c3ccc(N(c4ccc(N(c5ccc(N)cc5)c5ccc(N)cc5)cc4)c4ccc(N(c5ccc(N)cc5)c5ccc(N)cc5)cc4)cc3)cc2)cc1. The Morgan fingerprint density at radius 2 is 0.152 bits per heavy atom. The summed E-state index contributed by atoms with van der Waals surface area (Å²) in [5, 5.41) is 0. The number of nitrogens with zero attached hydrogens (tertiary/aromatic N) is 6. The molecule has 14 heteroatoms. The molecule has 0 unspecified atom stereocenters. The van der Waals surface area contributed by atoms with Crippen LogP contribution in [0.1, 0.15) is 0 Å². The maximum Gasteiger partial charge on any atom is 0.0463 e. The van der Waals surface area contributed by atoms with Gasteiger partial charge in [-0.15, -0.1) is 0 Å². The summed E-state index contributed by atoms with van der Waals surface area (Å²) in [5.41, 5.74) is 72.1. The van der Waals surface area contributed by atoms with Gasteiger partial charge in [0.2, 0.25) is 0 Å². The van der Waals surface area contributed by atoms with Crippen LogP contribution >= 0.6 is 0 Å². The standard InChI is InChI=1S/C78H68N14/c79-53-1-17-61(18-2-53)87(62-19-3-54(80)4-20-62)69-33-41-73(42-34-69)91(74-43-35-70(36-44-74)88(63-21-5-55(81)6-22-63)64-23-7-56(82)8-24-64)77-49-51-78(52-50-77)92(75-45-37-71(38-46-75)89(65-25-9-57(83)10-26-65)66-27-11-58(84)12-28-66)76-47-39-72(40-48-76)90(67-29-13-59(85)14-30-67)68-31-15-60(86)16-32-68/h1-52H,79-86H2. The van der Waals surface area contributed by atoms with E-state index < -0.39 is 0 Å². The molecule has 0 aliphatic carbocycles. The fraction of sp³-hybridized carbons (Fsp3) is 0. The molecule has 0 saturated carbocycles. The minimum absolute atomic E-state index is 0.678. The molecule has 13 rings (SSSR count). The molecule has 0 radical (unpaired) electrons. The predicted molar refractivity (Wildman–Crippen MR) is 390 cm³/mol. The van der Waals surface area contributed by atoms with Gasteiger partial charge in [-0.2, -0.15) is 0 Å². The molecule has 13 aromatic rings. The summed E-state index contributed by atoms with van der Waals surface area (Å²) < 4.78 is 0. The van der Waals surface area contributed by atoms with Gasteiger partial charge >= 0.3 is 0 Å². The van der Waals surface area contributed by atoms with Crippen molar-refractivity contribution in [3.8, 4) is 0 Å². The van der Waals surface area contributed by atoms with Gasteiger partial charge in [-0.1, -0.05) is 0 Å². The smallest absolute Gasteiger partial charge is 0.0463 e. The molecule has 0 bridgehead atoms. The molecule has 16 N–H and O–H groups in total. The van der Waals surface area contributed by atoms with Crippen molar-refractivity contribution in [3.63, 3.8) is 0 Å². The molecule has 0 fully saturated rings. The number of benzene rings is 13. The lowest BCUT2D eigenvalue weighted by Crippen LogP contribution is -2.14. The van der Waals surface area contributed by atoms with Gasteiger partial charge in [-0.3, -0.25) is 0 Å². The molecule has 450 valence electrons. The van der Waals surface area contributed by atoms with Gasteiger partial charge in [-0.25, -0.2) is 0 Å². The predicted octanol–water partition coefficient (Wildman–Crippen LogP) is 19.2. The molecule has 0 atom stereocenters. The highest BCUT2D eigenvalue weighted by atomic mass is 15.2. The van der Waals surface area contributed by atoms with Crippen molar-refractivity contribution >= 4 is 148 Å². The summed E-state index contributed by atoms with van der Waals surface area (Å²) in [4.78, 5) is 13.3. The Morgan fingerprint density at radius 3 is 0.217 bits per heavy atom. The van der Waals surface area contributed by atoms with Crippen molar-refractivity contribution in [2.45, 2.75) is 0 Å². The van der Waals surface area contributed by atoms with Crippen molar-refractivity contribution in [1.29, 1.82) is 0 Å². The summed E-state index contributed by atoms with van der Waals surface area (Å²) in [7, 11) is 0. The third-order valence-electron chi connectivity index (χ3n) is 16.0. The minimum Gasteiger partial charge on any atom is -0.399 e. The van der Waals surface area contributed by atoms with Crippen molar-refractivity contribution in [1.82, 2.24) is 0 Å². The van der Waals surface area contributed by atoms with Crippen LogP contribution in [0.15, 0.2) is 315 Å². The lowest BCUT2D eigenvalue weighted by Gasteiger charge is -2.31. The number of nitrogen functional groups attached to an aromatic ring is 8. The van der Waals surface area contributed by atoms with E-state index in [0.717, 1.165) is 102 Å². The molecule has 0 aromatic heterocycles. The van der Waals surface area contributed by atoms with Gasteiger partial charge in [0, 0.05) is 148 Å². The van der Waals surface area contributed by atoms with Crippen molar-refractivity contribution in [2.75, 3.05) is 75.3 Å². The molecule has 0 heterocycles. The zero-order valence-electron chi connectivity index (χ0n) is 50.3. The third kappa shape index (κ3) is 12.5. The van der Waals surface area contributed by atoms with Crippen LogP contribution in [0.4, 0.5) is 148 Å². The number of hydrogen-bond acceptors (Lipinski definition) is 14. The maximum absolute atomic E-state index is 6.22. The van der Waals surface area contributed by atoms with E-state index >= 15 is 0 Å². The number of nitrogens with two attached hydrogens (primary N) is 8. The fourth-order valence-corrected chi connectivity index (χ4v) is 11.4. The van der Waals surface area contributed by atoms with E-state index in [0.29, 0.717) is 45.5 Å². The van der Waals surface area contributed by atoms with Crippen molar-refractivity contribution in [3.05, 3.63) is 315 Å². The fourth-order valence-electron chi connectivity index (χ4n) is 11.4. The van der Waals surface area contributed by atoms with Crippen LogP contribution in [-0.4, -0.2) is 0 Å². The van der Waals surface area contributed by atoms with Crippen LogP contribution in [0.25, 0.3) is 0 Å². The van der Waals surface area contributed by atoms with Crippen molar-refractivity contribution < 1.29 is 0 Å². The average molecular weight is 1200 g/mol. The molecule has 0 aliphatic rings. The number of hydrogen-bond donors (Lipinski definition) is 8. The molecule has 0 spiro atoms. The molecule has 14 nitrogen and oxygen atoms in total. The first-order valence-corrected chi connectivity index (χ1v) is 30.0. The van der Waals surface area contributed by atoms with Crippen LogP contribution in [0.5, 0.6) is 0 Å². The second kappa shape index (κ2) is 25.4. The summed E-state index contributed by atoms with van der Waals surface area (Å²) in [6.07, 6.45) is 0. The zero-order valence-corrected chi connectivity index (χ0v) is 50.3. The second-order valence-corrected chi connectivity index (χ2v) is 22.3. The van der Waals surface area contributed by atoms with Gasteiger partial charge in [0.25, 0.3) is 0 Å². The van der Waals surface area contributed by atoms with Gasteiger partial charge in [0.1, 0.15) is 0 Å². The summed E-state index contributed by atoms with van der Waals surface area (Å²) in [6, 6.07) is 106. The topological polar surface area (TPSA) is 228 Å².